The van der Waals surface area contributed by atoms with E-state index in [0.717, 1.165) is 51.5 Å². The molecule has 1 amide bonds. The number of carbonyl (C=O) groups excluding carboxylic acids is 1. The predicted octanol–water partition coefficient (Wildman–Crippen LogP) is 3.54. The number of rotatable bonds is 7. The minimum absolute atomic E-state index is 0.151. The van der Waals surface area contributed by atoms with Crippen molar-refractivity contribution in [2.45, 2.75) is 72.1 Å². The van der Waals surface area contributed by atoms with Gasteiger partial charge in [-0.2, -0.15) is 0 Å². The Kier molecular flexibility index (Phi) is 6.45. The Morgan fingerprint density at radius 1 is 1.21 bits per heavy atom. The van der Waals surface area contributed by atoms with Crippen LogP contribution in [0, 0.1) is 11.3 Å². The Morgan fingerprint density at radius 3 is 2.29 bits per heavy atom. The molecule has 0 fully saturated rings. The van der Waals surface area contributed by atoms with Crippen molar-refractivity contribution < 1.29 is 4.79 Å². The second-order valence-electron chi connectivity index (χ2n) is 7.91. The highest BCUT2D eigenvalue weighted by molar-refractivity contribution is 5.80. The Hall–Kier alpha value is -1.35. The number of amides is 1. The monoisotopic (exact) mass is 330 g/mol. The molecule has 1 aromatic carbocycles. The van der Waals surface area contributed by atoms with E-state index >= 15 is 0 Å². The van der Waals surface area contributed by atoms with Crippen LogP contribution < -0.4 is 11.5 Å². The second-order valence-corrected chi connectivity index (χ2v) is 7.91. The summed E-state index contributed by atoms with van der Waals surface area (Å²) in [7, 11) is 0. The van der Waals surface area contributed by atoms with Gasteiger partial charge in [0.2, 0.25) is 5.91 Å². The van der Waals surface area contributed by atoms with Gasteiger partial charge in [0.25, 0.3) is 0 Å². The van der Waals surface area contributed by atoms with Gasteiger partial charge in [0.05, 0.1) is 0 Å². The van der Waals surface area contributed by atoms with Gasteiger partial charge in [-0.15, -0.1) is 0 Å². The van der Waals surface area contributed by atoms with E-state index in [0.29, 0.717) is 5.92 Å². The molecule has 24 heavy (non-hydrogen) atoms. The molecular weight excluding hydrogens is 296 g/mol. The van der Waals surface area contributed by atoms with E-state index in [1.54, 1.807) is 0 Å². The molecule has 0 spiro atoms. The lowest BCUT2D eigenvalue weighted by atomic mass is 9.81. The number of fused-ring (bicyclic) bond motifs is 1. The van der Waals surface area contributed by atoms with Crippen molar-refractivity contribution in [1.29, 1.82) is 0 Å². The number of aryl methyl sites for hydroxylation is 3. The average molecular weight is 331 g/mol. The molecular formula is C21H34N2O. The SMILES string of the molecule is CCc1cc2c(cc1CC(C)CCCN)CCC(C)(C(N)=O)CC2. The maximum absolute atomic E-state index is 11.8. The highest BCUT2D eigenvalue weighted by Crippen LogP contribution is 2.35. The lowest BCUT2D eigenvalue weighted by Crippen LogP contribution is -2.34. The molecule has 2 atom stereocenters. The van der Waals surface area contributed by atoms with Gasteiger partial charge in [-0.1, -0.05) is 32.9 Å². The number of hydrogen-bond donors (Lipinski definition) is 2. The third-order valence-corrected chi connectivity index (χ3v) is 5.86. The third-order valence-electron chi connectivity index (χ3n) is 5.86. The van der Waals surface area contributed by atoms with Crippen LogP contribution in [0.25, 0.3) is 0 Å². The van der Waals surface area contributed by atoms with Gasteiger partial charge in [-0.3, -0.25) is 4.79 Å². The summed E-state index contributed by atoms with van der Waals surface area (Å²) < 4.78 is 0. The van der Waals surface area contributed by atoms with Crippen LogP contribution in [0.2, 0.25) is 0 Å². The summed E-state index contributed by atoms with van der Waals surface area (Å²) in [5, 5.41) is 0. The molecule has 4 N–H and O–H groups in total. The first-order valence-corrected chi connectivity index (χ1v) is 9.53. The molecule has 0 radical (unpaired) electrons. The second kappa shape index (κ2) is 8.15. The lowest BCUT2D eigenvalue weighted by molar-refractivity contribution is -0.127. The van der Waals surface area contributed by atoms with Crippen molar-refractivity contribution >= 4 is 5.91 Å². The molecule has 134 valence electrons. The van der Waals surface area contributed by atoms with Gasteiger partial charge in [0.15, 0.2) is 0 Å². The zero-order valence-corrected chi connectivity index (χ0v) is 15.7. The molecule has 0 saturated carbocycles. The zero-order valence-electron chi connectivity index (χ0n) is 15.7. The van der Waals surface area contributed by atoms with Gasteiger partial charge >= 0.3 is 0 Å². The standard InChI is InChI=1S/C21H34N2O/c1-4-16-13-17-7-9-21(3,20(23)24)10-8-18(17)14-19(16)12-15(2)6-5-11-22/h13-15H,4-12,22H2,1-3H3,(H2,23,24). The molecule has 2 rings (SSSR count). The van der Waals surface area contributed by atoms with Crippen LogP contribution in [-0.2, 0) is 30.5 Å². The fraction of sp³-hybridized carbons (Fsp3) is 0.667. The zero-order chi connectivity index (χ0) is 17.7. The van der Waals surface area contributed by atoms with Crippen molar-refractivity contribution in [3.05, 3.63) is 34.4 Å². The fourth-order valence-electron chi connectivity index (χ4n) is 3.91. The number of primary amides is 1. The lowest BCUT2D eigenvalue weighted by Gasteiger charge is -2.23. The molecule has 0 bridgehead atoms. The van der Waals surface area contributed by atoms with Crippen LogP contribution in [-0.4, -0.2) is 12.5 Å². The van der Waals surface area contributed by atoms with Crippen LogP contribution in [0.5, 0.6) is 0 Å². The van der Waals surface area contributed by atoms with E-state index in [9.17, 15) is 4.79 Å². The van der Waals surface area contributed by atoms with Gasteiger partial charge in [0, 0.05) is 5.41 Å². The molecule has 2 unspecified atom stereocenters. The summed E-state index contributed by atoms with van der Waals surface area (Å²) >= 11 is 0. The highest BCUT2D eigenvalue weighted by Gasteiger charge is 2.33. The van der Waals surface area contributed by atoms with Crippen LogP contribution in [0.3, 0.4) is 0 Å². The molecule has 0 heterocycles. The van der Waals surface area contributed by atoms with Crippen molar-refractivity contribution in [2.75, 3.05) is 6.54 Å². The van der Waals surface area contributed by atoms with Gasteiger partial charge in [0.1, 0.15) is 0 Å². The molecule has 3 nitrogen and oxygen atoms in total. The maximum Gasteiger partial charge on any atom is 0.223 e. The topological polar surface area (TPSA) is 69.1 Å². The molecule has 0 saturated heterocycles. The molecule has 3 heteroatoms. The summed E-state index contributed by atoms with van der Waals surface area (Å²) in [6.45, 7) is 7.36. The summed E-state index contributed by atoms with van der Waals surface area (Å²) in [5.41, 5.74) is 16.8. The van der Waals surface area contributed by atoms with Crippen molar-refractivity contribution in [3.8, 4) is 0 Å². The van der Waals surface area contributed by atoms with Crippen LogP contribution >= 0.6 is 0 Å². The molecule has 0 aromatic heterocycles. The minimum atomic E-state index is -0.361. The first-order chi connectivity index (χ1) is 11.4. The smallest absolute Gasteiger partial charge is 0.223 e. The predicted molar refractivity (Wildman–Crippen MR) is 101 cm³/mol. The van der Waals surface area contributed by atoms with E-state index in [1.165, 1.54) is 28.7 Å². The van der Waals surface area contributed by atoms with Crippen LogP contribution in [0.1, 0.15) is 68.7 Å². The Balaban J connectivity index is 2.22. The normalized spacial score (nSPS) is 21.8. The first-order valence-electron chi connectivity index (χ1n) is 9.53. The molecule has 0 aliphatic heterocycles. The Labute approximate surface area is 147 Å². The third kappa shape index (κ3) is 4.38. The van der Waals surface area contributed by atoms with E-state index < -0.39 is 0 Å². The first kappa shape index (κ1) is 19.0. The summed E-state index contributed by atoms with van der Waals surface area (Å²) in [4.78, 5) is 11.8. The van der Waals surface area contributed by atoms with E-state index in [1.807, 2.05) is 6.92 Å². The van der Waals surface area contributed by atoms with Crippen LogP contribution in [0.15, 0.2) is 12.1 Å². The Bertz CT molecular complexity index is 581. The van der Waals surface area contributed by atoms with E-state index in [2.05, 4.69) is 26.0 Å². The number of benzene rings is 1. The summed E-state index contributed by atoms with van der Waals surface area (Å²) in [6, 6.07) is 4.81. The van der Waals surface area contributed by atoms with E-state index in [-0.39, 0.29) is 11.3 Å². The van der Waals surface area contributed by atoms with Gasteiger partial charge < -0.3 is 11.5 Å². The largest absolute Gasteiger partial charge is 0.369 e. The quantitative estimate of drug-likeness (QED) is 0.751. The average Bonchev–Trinajstić information content (AvgIpc) is 2.72. The van der Waals surface area contributed by atoms with Gasteiger partial charge in [-0.05, 0) is 86.1 Å². The van der Waals surface area contributed by atoms with Crippen molar-refractivity contribution in [2.24, 2.45) is 22.8 Å². The Morgan fingerprint density at radius 2 is 1.79 bits per heavy atom. The fourth-order valence-corrected chi connectivity index (χ4v) is 3.91. The summed E-state index contributed by atoms with van der Waals surface area (Å²) in [6.07, 6.45) is 8.14. The highest BCUT2D eigenvalue weighted by atomic mass is 16.1. The summed E-state index contributed by atoms with van der Waals surface area (Å²) in [5.74, 6) is 0.514. The van der Waals surface area contributed by atoms with Crippen molar-refractivity contribution in [3.63, 3.8) is 0 Å². The number of hydrogen-bond acceptors (Lipinski definition) is 2. The maximum atomic E-state index is 11.8. The van der Waals surface area contributed by atoms with Gasteiger partial charge in [-0.25, -0.2) is 0 Å². The molecule has 1 aromatic rings. The number of nitrogens with two attached hydrogens (primary N) is 2. The van der Waals surface area contributed by atoms with Crippen molar-refractivity contribution in [1.82, 2.24) is 0 Å². The molecule has 1 aliphatic carbocycles. The number of carbonyl (C=O) groups is 1. The van der Waals surface area contributed by atoms with E-state index in [4.69, 9.17) is 11.5 Å². The molecule has 1 aliphatic rings. The minimum Gasteiger partial charge on any atom is -0.369 e. The van der Waals surface area contributed by atoms with Crippen LogP contribution in [0.4, 0.5) is 0 Å².